The highest BCUT2D eigenvalue weighted by molar-refractivity contribution is 8.18. The summed E-state index contributed by atoms with van der Waals surface area (Å²) in [5.41, 5.74) is 1.94. The largest absolute Gasteiger partial charge is 0.493 e. The van der Waals surface area contributed by atoms with Gasteiger partial charge >= 0.3 is 0 Å². The Kier molecular flexibility index (Phi) is 7.96. The van der Waals surface area contributed by atoms with E-state index in [-0.39, 0.29) is 12.5 Å². The van der Waals surface area contributed by atoms with E-state index in [0.29, 0.717) is 52.9 Å². The maximum Gasteiger partial charge on any atom is 0.264 e. The SMILES string of the molecule is COc1cc(/C=C2/SC(=Nc3cccc(Cl)c3Cl)NC2=O)cc(Cl)c1OCc1ccccc1Cl. The van der Waals surface area contributed by atoms with E-state index in [9.17, 15) is 4.79 Å². The van der Waals surface area contributed by atoms with Crippen LogP contribution >= 0.6 is 58.2 Å². The Labute approximate surface area is 220 Å². The molecule has 1 heterocycles. The first-order chi connectivity index (χ1) is 16.4. The van der Waals surface area contributed by atoms with E-state index in [4.69, 9.17) is 55.9 Å². The van der Waals surface area contributed by atoms with Gasteiger partial charge in [0.25, 0.3) is 5.91 Å². The molecule has 0 spiro atoms. The first-order valence-electron chi connectivity index (χ1n) is 9.83. The van der Waals surface area contributed by atoms with Crippen molar-refractivity contribution in [2.45, 2.75) is 6.61 Å². The van der Waals surface area contributed by atoms with Crippen LogP contribution in [0.2, 0.25) is 20.1 Å². The van der Waals surface area contributed by atoms with Crippen LogP contribution in [0.15, 0.2) is 64.5 Å². The predicted octanol–water partition coefficient (Wildman–Crippen LogP) is 7.78. The zero-order valence-electron chi connectivity index (χ0n) is 17.6. The molecule has 0 aliphatic carbocycles. The number of rotatable bonds is 6. The highest BCUT2D eigenvalue weighted by Gasteiger charge is 2.25. The Hall–Kier alpha value is -2.35. The molecule has 4 rings (SSSR count). The molecule has 34 heavy (non-hydrogen) atoms. The minimum absolute atomic E-state index is 0.223. The smallest absolute Gasteiger partial charge is 0.264 e. The van der Waals surface area contributed by atoms with Crippen molar-refractivity contribution in [1.29, 1.82) is 0 Å². The summed E-state index contributed by atoms with van der Waals surface area (Å²) < 4.78 is 11.4. The lowest BCUT2D eigenvalue weighted by Crippen LogP contribution is -2.19. The van der Waals surface area contributed by atoms with E-state index < -0.39 is 0 Å². The summed E-state index contributed by atoms with van der Waals surface area (Å²) in [5, 5.41) is 4.73. The van der Waals surface area contributed by atoms with Crippen LogP contribution in [0.4, 0.5) is 5.69 Å². The molecule has 1 N–H and O–H groups in total. The molecular formula is C24H16Cl4N2O3S. The number of hydrogen-bond acceptors (Lipinski definition) is 5. The molecule has 5 nitrogen and oxygen atoms in total. The third kappa shape index (κ3) is 5.65. The molecule has 1 fully saturated rings. The Morgan fingerprint density at radius 2 is 1.76 bits per heavy atom. The zero-order valence-corrected chi connectivity index (χ0v) is 21.4. The lowest BCUT2D eigenvalue weighted by Gasteiger charge is -2.14. The second kappa shape index (κ2) is 10.9. The molecule has 0 radical (unpaired) electrons. The molecule has 10 heteroatoms. The van der Waals surface area contributed by atoms with Crippen molar-refractivity contribution >= 4 is 81.0 Å². The summed E-state index contributed by atoms with van der Waals surface area (Å²) >= 11 is 26.1. The summed E-state index contributed by atoms with van der Waals surface area (Å²) in [6, 6.07) is 15.9. The molecule has 0 aromatic heterocycles. The fourth-order valence-corrected chi connectivity index (χ4v) is 4.69. The van der Waals surface area contributed by atoms with E-state index in [1.807, 2.05) is 18.2 Å². The van der Waals surface area contributed by atoms with Crippen LogP contribution in [-0.2, 0) is 11.4 Å². The number of aliphatic imine (C=N–C) groups is 1. The molecule has 1 aliphatic heterocycles. The molecule has 0 saturated carbocycles. The van der Waals surface area contributed by atoms with Gasteiger partial charge in [0.05, 0.1) is 32.8 Å². The van der Waals surface area contributed by atoms with E-state index in [2.05, 4.69) is 10.3 Å². The number of halogens is 4. The van der Waals surface area contributed by atoms with Gasteiger partial charge in [0, 0.05) is 10.6 Å². The maximum absolute atomic E-state index is 12.5. The van der Waals surface area contributed by atoms with Gasteiger partial charge in [0.1, 0.15) is 6.61 Å². The number of nitrogens with one attached hydrogen (secondary N) is 1. The van der Waals surface area contributed by atoms with Gasteiger partial charge in [-0.25, -0.2) is 4.99 Å². The molecule has 174 valence electrons. The molecular weight excluding hydrogens is 538 g/mol. The average Bonchev–Trinajstić information content (AvgIpc) is 3.15. The summed E-state index contributed by atoms with van der Waals surface area (Å²) in [5.74, 6) is 0.512. The van der Waals surface area contributed by atoms with E-state index in [1.165, 1.54) is 18.9 Å². The molecule has 0 unspecified atom stereocenters. The topological polar surface area (TPSA) is 59.9 Å². The fraction of sp³-hybridized carbons (Fsp3) is 0.0833. The van der Waals surface area contributed by atoms with Crippen LogP contribution < -0.4 is 14.8 Å². The second-order valence-electron chi connectivity index (χ2n) is 6.97. The van der Waals surface area contributed by atoms with Crippen LogP contribution in [-0.4, -0.2) is 18.2 Å². The molecule has 0 bridgehead atoms. The molecule has 1 saturated heterocycles. The number of nitrogens with zero attached hydrogens (tertiary/aromatic N) is 1. The third-order valence-corrected chi connectivity index (χ3v) is 7.05. The Bertz CT molecular complexity index is 1330. The lowest BCUT2D eigenvalue weighted by molar-refractivity contribution is -0.115. The van der Waals surface area contributed by atoms with Gasteiger partial charge in [-0.15, -0.1) is 0 Å². The first-order valence-corrected chi connectivity index (χ1v) is 12.2. The van der Waals surface area contributed by atoms with Crippen LogP contribution in [0.25, 0.3) is 6.08 Å². The number of thioether (sulfide) groups is 1. The molecule has 1 aliphatic rings. The molecule has 3 aromatic carbocycles. The van der Waals surface area contributed by atoms with Crippen molar-refractivity contribution in [2.24, 2.45) is 4.99 Å². The zero-order chi connectivity index (χ0) is 24.2. The summed E-state index contributed by atoms with van der Waals surface area (Å²) in [7, 11) is 1.52. The molecule has 1 amide bonds. The monoisotopic (exact) mass is 552 g/mol. The minimum atomic E-state index is -0.295. The Morgan fingerprint density at radius 1 is 1.00 bits per heavy atom. The number of amidine groups is 1. The van der Waals surface area contributed by atoms with Crippen molar-refractivity contribution < 1.29 is 14.3 Å². The van der Waals surface area contributed by atoms with Gasteiger partial charge < -0.3 is 14.8 Å². The highest BCUT2D eigenvalue weighted by atomic mass is 35.5. The quantitative estimate of drug-likeness (QED) is 0.316. The Morgan fingerprint density at radius 3 is 2.53 bits per heavy atom. The maximum atomic E-state index is 12.5. The number of carbonyl (C=O) groups excluding carboxylic acids is 1. The number of hydrogen-bond donors (Lipinski definition) is 1. The second-order valence-corrected chi connectivity index (χ2v) is 9.60. The summed E-state index contributed by atoms with van der Waals surface area (Å²) in [6.07, 6.45) is 1.69. The highest BCUT2D eigenvalue weighted by Crippen LogP contribution is 2.39. The van der Waals surface area contributed by atoms with Crippen molar-refractivity contribution in [3.63, 3.8) is 0 Å². The van der Waals surface area contributed by atoms with Crippen molar-refractivity contribution in [3.8, 4) is 11.5 Å². The van der Waals surface area contributed by atoms with Gasteiger partial charge in [-0.2, -0.15) is 0 Å². The fourth-order valence-electron chi connectivity index (χ4n) is 3.05. The van der Waals surface area contributed by atoms with E-state index in [0.717, 1.165) is 5.56 Å². The lowest BCUT2D eigenvalue weighted by atomic mass is 10.1. The van der Waals surface area contributed by atoms with Crippen LogP contribution in [0.3, 0.4) is 0 Å². The number of ether oxygens (including phenoxy) is 2. The van der Waals surface area contributed by atoms with E-state index >= 15 is 0 Å². The predicted molar refractivity (Wildman–Crippen MR) is 141 cm³/mol. The van der Waals surface area contributed by atoms with Gasteiger partial charge in [-0.05, 0) is 53.7 Å². The average molecular weight is 554 g/mol. The van der Waals surface area contributed by atoms with Crippen molar-refractivity contribution in [2.75, 3.05) is 7.11 Å². The number of carbonyl (C=O) groups is 1. The molecule has 0 atom stereocenters. The minimum Gasteiger partial charge on any atom is -0.493 e. The molecule has 3 aromatic rings. The number of benzene rings is 3. The normalized spacial score (nSPS) is 15.6. The summed E-state index contributed by atoms with van der Waals surface area (Å²) in [4.78, 5) is 17.3. The number of amides is 1. The van der Waals surface area contributed by atoms with Gasteiger partial charge in [0.15, 0.2) is 16.7 Å². The van der Waals surface area contributed by atoms with Gasteiger partial charge in [-0.1, -0.05) is 70.7 Å². The third-order valence-electron chi connectivity index (χ3n) is 4.68. The van der Waals surface area contributed by atoms with Crippen molar-refractivity contribution in [1.82, 2.24) is 5.32 Å². The van der Waals surface area contributed by atoms with Crippen molar-refractivity contribution in [3.05, 3.63) is 90.7 Å². The standard InChI is InChI=1S/C24H16Cl4N2O3S/c1-32-19-10-13(9-17(27)22(19)33-12-14-5-2-3-6-15(14)25)11-20-23(31)30-24(34-20)29-18-8-4-7-16(26)21(18)28/h2-11H,12H2,1H3,(H,29,30,31)/b20-11+. The van der Waals surface area contributed by atoms with Crippen LogP contribution in [0.5, 0.6) is 11.5 Å². The number of methoxy groups -OCH3 is 1. The van der Waals surface area contributed by atoms with Gasteiger partial charge in [0.2, 0.25) is 0 Å². The summed E-state index contributed by atoms with van der Waals surface area (Å²) in [6.45, 7) is 0.223. The Balaban J connectivity index is 1.56. The first kappa shape index (κ1) is 24.8. The van der Waals surface area contributed by atoms with Crippen LogP contribution in [0.1, 0.15) is 11.1 Å². The van der Waals surface area contributed by atoms with Crippen LogP contribution in [0, 0.1) is 0 Å². The van der Waals surface area contributed by atoms with Gasteiger partial charge in [-0.3, -0.25) is 4.79 Å². The van der Waals surface area contributed by atoms with E-state index in [1.54, 1.807) is 42.5 Å².